The van der Waals surface area contributed by atoms with Crippen LogP contribution < -0.4 is 4.74 Å². The Morgan fingerprint density at radius 2 is 1.75 bits per heavy atom. The number of carbonyl (C=O) groups is 1. The van der Waals surface area contributed by atoms with E-state index in [1.54, 1.807) is 0 Å². The van der Waals surface area contributed by atoms with E-state index in [0.29, 0.717) is 17.7 Å². The van der Waals surface area contributed by atoms with Crippen LogP contribution in [0.5, 0.6) is 11.5 Å². The zero-order chi connectivity index (χ0) is 23.7. The molecule has 2 aromatic rings. The predicted molar refractivity (Wildman–Crippen MR) is 105 cm³/mol. The SMILES string of the molecule is O=C(O)C1=CCC(=Cc2ccc(C(F)(F)C(F)(F)F)cc2Oc2ccc(F)cc2Cl)C=C1. The average Bonchev–Trinajstić information content (AvgIpc) is 2.70. The Bertz CT molecular complexity index is 1150. The molecule has 0 unspecified atom stereocenters. The van der Waals surface area contributed by atoms with E-state index < -0.39 is 29.4 Å². The molecular weight excluding hydrogens is 462 g/mol. The Labute approximate surface area is 182 Å². The smallest absolute Gasteiger partial charge is 0.458 e. The van der Waals surface area contributed by atoms with Crippen molar-refractivity contribution in [2.45, 2.75) is 18.5 Å². The molecule has 1 aliphatic carbocycles. The molecule has 0 fully saturated rings. The van der Waals surface area contributed by atoms with E-state index in [9.17, 15) is 31.1 Å². The molecule has 0 aliphatic heterocycles. The van der Waals surface area contributed by atoms with E-state index >= 15 is 0 Å². The van der Waals surface area contributed by atoms with Gasteiger partial charge < -0.3 is 9.84 Å². The molecule has 32 heavy (non-hydrogen) atoms. The molecule has 3 nitrogen and oxygen atoms in total. The Balaban J connectivity index is 2.06. The van der Waals surface area contributed by atoms with Crippen LogP contribution in [-0.4, -0.2) is 17.3 Å². The lowest BCUT2D eigenvalue weighted by atomic mass is 9.98. The molecule has 0 radical (unpaired) electrons. The van der Waals surface area contributed by atoms with Gasteiger partial charge in [0.1, 0.15) is 17.3 Å². The predicted octanol–water partition coefficient (Wildman–Crippen LogP) is 7.28. The van der Waals surface area contributed by atoms with E-state index in [1.165, 1.54) is 24.3 Å². The number of hydrogen-bond donors (Lipinski definition) is 1. The summed E-state index contributed by atoms with van der Waals surface area (Å²) < 4.78 is 85.0. The van der Waals surface area contributed by atoms with Gasteiger partial charge >= 0.3 is 18.1 Å². The molecule has 0 saturated heterocycles. The molecule has 0 spiro atoms. The molecular formula is C22H13ClF6O3. The third-order valence-electron chi connectivity index (χ3n) is 4.47. The Morgan fingerprint density at radius 3 is 2.31 bits per heavy atom. The first kappa shape index (κ1) is 23.5. The summed E-state index contributed by atoms with van der Waals surface area (Å²) in [5.74, 6) is -7.52. The van der Waals surface area contributed by atoms with E-state index in [1.807, 2.05) is 0 Å². The van der Waals surface area contributed by atoms with E-state index in [4.69, 9.17) is 21.4 Å². The van der Waals surface area contributed by atoms with Crippen LogP contribution >= 0.6 is 11.6 Å². The number of alkyl halides is 5. The van der Waals surface area contributed by atoms with Crippen LogP contribution in [-0.2, 0) is 10.7 Å². The third kappa shape index (κ3) is 4.99. The highest BCUT2D eigenvalue weighted by atomic mass is 35.5. The number of aliphatic carboxylic acids is 1. The van der Waals surface area contributed by atoms with Crippen LogP contribution in [0.25, 0.3) is 6.08 Å². The number of rotatable bonds is 5. The summed E-state index contributed by atoms with van der Waals surface area (Å²) >= 11 is 5.89. The second kappa shape index (κ2) is 8.74. The second-order valence-electron chi connectivity index (χ2n) is 6.72. The monoisotopic (exact) mass is 474 g/mol. The lowest BCUT2D eigenvalue weighted by Gasteiger charge is -2.21. The summed E-state index contributed by atoms with van der Waals surface area (Å²) in [6, 6.07) is 5.14. The fourth-order valence-corrected chi connectivity index (χ4v) is 3.01. The van der Waals surface area contributed by atoms with E-state index in [2.05, 4.69) is 0 Å². The van der Waals surface area contributed by atoms with Gasteiger partial charge in [0.05, 0.1) is 10.6 Å². The molecule has 3 rings (SSSR count). The normalized spacial score (nSPS) is 15.6. The molecule has 0 bridgehead atoms. The van der Waals surface area contributed by atoms with Gasteiger partial charge in [-0.3, -0.25) is 0 Å². The van der Waals surface area contributed by atoms with Crippen molar-refractivity contribution < 1.29 is 41.0 Å². The molecule has 1 aliphatic rings. The Morgan fingerprint density at radius 1 is 1.03 bits per heavy atom. The first-order chi connectivity index (χ1) is 14.9. The zero-order valence-electron chi connectivity index (χ0n) is 15.9. The number of hydrogen-bond acceptors (Lipinski definition) is 2. The van der Waals surface area contributed by atoms with Gasteiger partial charge in [-0.15, -0.1) is 0 Å². The van der Waals surface area contributed by atoms with E-state index in [0.717, 1.165) is 24.3 Å². The standard InChI is InChI=1S/C22H13ClF6O3/c23-17-11-16(24)7-8-18(17)32-19-10-15(21(25,26)22(27,28)29)6-5-14(19)9-12-1-3-13(4-2-12)20(30)31/h1,3-11H,2H2,(H,30,31). The van der Waals surface area contributed by atoms with Crippen LogP contribution in [0.1, 0.15) is 17.5 Å². The molecule has 10 heteroatoms. The molecule has 0 atom stereocenters. The Kier molecular flexibility index (Phi) is 6.41. The quantitative estimate of drug-likeness (QED) is 0.463. The molecule has 0 saturated carbocycles. The first-order valence-electron chi connectivity index (χ1n) is 8.92. The topological polar surface area (TPSA) is 46.5 Å². The van der Waals surface area contributed by atoms with Gasteiger partial charge in [-0.1, -0.05) is 35.9 Å². The van der Waals surface area contributed by atoms with Crippen LogP contribution in [0, 0.1) is 5.82 Å². The van der Waals surface area contributed by atoms with Crippen LogP contribution in [0.4, 0.5) is 26.3 Å². The summed E-state index contributed by atoms with van der Waals surface area (Å²) in [5.41, 5.74) is -0.635. The highest BCUT2D eigenvalue weighted by Crippen LogP contribution is 2.46. The van der Waals surface area contributed by atoms with Gasteiger partial charge in [-0.2, -0.15) is 22.0 Å². The molecule has 0 heterocycles. The summed E-state index contributed by atoms with van der Waals surface area (Å²) in [4.78, 5) is 11.0. The van der Waals surface area contributed by atoms with E-state index in [-0.39, 0.29) is 34.1 Å². The number of carboxylic acids is 1. The van der Waals surface area contributed by atoms with Crippen molar-refractivity contribution >= 4 is 23.6 Å². The van der Waals surface area contributed by atoms with Crippen molar-refractivity contribution in [1.82, 2.24) is 0 Å². The van der Waals surface area contributed by atoms with Crippen molar-refractivity contribution in [3.8, 4) is 11.5 Å². The summed E-state index contributed by atoms with van der Waals surface area (Å²) in [6.45, 7) is 0. The van der Waals surface area contributed by atoms with Crippen molar-refractivity contribution in [2.75, 3.05) is 0 Å². The van der Waals surface area contributed by atoms with Crippen LogP contribution in [0.2, 0.25) is 5.02 Å². The number of benzene rings is 2. The molecule has 0 aromatic heterocycles. The zero-order valence-corrected chi connectivity index (χ0v) is 16.6. The van der Waals surface area contributed by atoms with Gasteiger partial charge in [0.15, 0.2) is 0 Å². The lowest BCUT2D eigenvalue weighted by molar-refractivity contribution is -0.289. The highest BCUT2D eigenvalue weighted by molar-refractivity contribution is 6.32. The van der Waals surface area contributed by atoms with Crippen LogP contribution in [0.3, 0.4) is 0 Å². The Hall–Kier alpha value is -3.20. The number of carboxylic acid groups (broad SMARTS) is 1. The molecule has 0 amide bonds. The number of halogens is 7. The third-order valence-corrected chi connectivity index (χ3v) is 4.76. The minimum Gasteiger partial charge on any atom is -0.478 e. The van der Waals surface area contributed by atoms with Gasteiger partial charge in [-0.25, -0.2) is 9.18 Å². The summed E-state index contributed by atoms with van der Waals surface area (Å²) in [5, 5.41) is 8.76. The summed E-state index contributed by atoms with van der Waals surface area (Å²) in [6.07, 6.45) is -0.0135. The van der Waals surface area contributed by atoms with Gasteiger partial charge in [0.2, 0.25) is 0 Å². The highest BCUT2D eigenvalue weighted by Gasteiger charge is 2.58. The van der Waals surface area contributed by atoms with Gasteiger partial charge in [0.25, 0.3) is 0 Å². The van der Waals surface area contributed by atoms with Crippen molar-refractivity contribution in [3.63, 3.8) is 0 Å². The fraction of sp³-hybridized carbons (Fsp3) is 0.136. The molecule has 2 aromatic carbocycles. The minimum atomic E-state index is -5.83. The minimum absolute atomic E-state index is 0.0527. The van der Waals surface area contributed by atoms with Crippen molar-refractivity contribution in [1.29, 1.82) is 0 Å². The fourth-order valence-electron chi connectivity index (χ4n) is 2.80. The maximum atomic E-state index is 13.9. The largest absolute Gasteiger partial charge is 0.478 e. The van der Waals surface area contributed by atoms with Gasteiger partial charge in [0, 0.05) is 11.1 Å². The van der Waals surface area contributed by atoms with Crippen molar-refractivity contribution in [3.05, 3.63) is 87.7 Å². The second-order valence-corrected chi connectivity index (χ2v) is 7.13. The maximum absolute atomic E-state index is 13.9. The number of ether oxygens (including phenoxy) is 1. The summed E-state index contributed by atoms with van der Waals surface area (Å²) in [7, 11) is 0. The molecule has 168 valence electrons. The van der Waals surface area contributed by atoms with Crippen LogP contribution in [0.15, 0.2) is 65.8 Å². The average molecular weight is 475 g/mol. The van der Waals surface area contributed by atoms with Gasteiger partial charge in [-0.05, 0) is 48.4 Å². The number of allylic oxidation sites excluding steroid dienone is 3. The maximum Gasteiger partial charge on any atom is 0.458 e. The lowest BCUT2D eigenvalue weighted by Crippen LogP contribution is -2.33. The molecule has 1 N–H and O–H groups in total. The first-order valence-corrected chi connectivity index (χ1v) is 9.30. The van der Waals surface area contributed by atoms with Crippen molar-refractivity contribution in [2.24, 2.45) is 0 Å².